The average molecular weight is 470 g/mol. The Balaban J connectivity index is 1.66. The molecule has 1 atom stereocenters. The van der Waals surface area contributed by atoms with Crippen LogP contribution >= 0.6 is 11.6 Å². The van der Waals surface area contributed by atoms with Crippen molar-refractivity contribution in [3.8, 4) is 11.5 Å². The Morgan fingerprint density at radius 3 is 2.82 bits per heavy atom. The lowest BCUT2D eigenvalue weighted by Crippen LogP contribution is -2.29. The third-order valence-corrected chi connectivity index (χ3v) is 5.39. The lowest BCUT2D eigenvalue weighted by atomic mass is 9.95. The van der Waals surface area contributed by atoms with Gasteiger partial charge < -0.3 is 19.5 Å². The topological polar surface area (TPSA) is 100 Å². The first-order valence-electron chi connectivity index (χ1n) is 10.5. The van der Waals surface area contributed by atoms with Gasteiger partial charge >= 0.3 is 5.97 Å². The van der Waals surface area contributed by atoms with Crippen LogP contribution in [-0.2, 0) is 16.1 Å². The number of allylic oxidation sites excluding steroid dienone is 1. The maximum absolute atomic E-state index is 12.9. The molecule has 0 bridgehead atoms. The van der Waals surface area contributed by atoms with Gasteiger partial charge in [-0.15, -0.1) is 0 Å². The van der Waals surface area contributed by atoms with Gasteiger partial charge in [0.25, 0.3) is 0 Å². The number of methoxy groups -OCH3 is 1. The maximum atomic E-state index is 12.9. The number of hydrogen-bond acceptors (Lipinski definition) is 8. The van der Waals surface area contributed by atoms with E-state index in [-0.39, 0.29) is 0 Å². The van der Waals surface area contributed by atoms with Crippen LogP contribution in [0.1, 0.15) is 37.4 Å². The maximum Gasteiger partial charge on any atom is 0.338 e. The lowest BCUT2D eigenvalue weighted by Gasteiger charge is -2.27. The van der Waals surface area contributed by atoms with Crippen LogP contribution < -0.4 is 14.8 Å². The number of halogens is 1. The largest absolute Gasteiger partial charge is 0.493 e. The highest BCUT2D eigenvalue weighted by molar-refractivity contribution is 6.30. The number of tetrazole rings is 1. The second-order valence-electron chi connectivity index (χ2n) is 7.48. The number of fused-ring (bicyclic) bond motifs is 1. The van der Waals surface area contributed by atoms with E-state index in [0.717, 1.165) is 17.5 Å². The van der Waals surface area contributed by atoms with Crippen molar-refractivity contribution in [3.63, 3.8) is 0 Å². The molecule has 0 amide bonds. The van der Waals surface area contributed by atoms with Gasteiger partial charge in [0, 0.05) is 10.7 Å². The predicted octanol–water partition coefficient (Wildman–Crippen LogP) is 4.16. The molecule has 0 saturated heterocycles. The van der Waals surface area contributed by atoms with Crippen molar-refractivity contribution in [3.05, 3.63) is 69.9 Å². The number of carbonyl (C=O) groups excluding carboxylic acids is 1. The Kier molecular flexibility index (Phi) is 6.79. The molecular formula is C23H24ClN5O4. The molecule has 0 saturated carbocycles. The van der Waals surface area contributed by atoms with E-state index in [9.17, 15) is 4.79 Å². The summed E-state index contributed by atoms with van der Waals surface area (Å²) in [6.07, 6.45) is 0.721. The van der Waals surface area contributed by atoms with E-state index in [1.807, 2.05) is 43.3 Å². The minimum atomic E-state index is -0.587. The molecule has 1 aliphatic rings. The third kappa shape index (κ3) is 4.78. The normalized spacial score (nSPS) is 15.0. The summed E-state index contributed by atoms with van der Waals surface area (Å²) in [7, 11) is 1.56. The number of carbonyl (C=O) groups is 1. The van der Waals surface area contributed by atoms with Crippen LogP contribution in [0.5, 0.6) is 11.5 Å². The van der Waals surface area contributed by atoms with E-state index in [2.05, 4.69) is 20.8 Å². The number of benzene rings is 2. The summed E-state index contributed by atoms with van der Waals surface area (Å²) in [4.78, 5) is 12.9. The fraction of sp³-hybridized carbons (Fsp3) is 0.304. The minimum Gasteiger partial charge on any atom is -0.493 e. The Morgan fingerprint density at radius 1 is 1.21 bits per heavy atom. The lowest BCUT2D eigenvalue weighted by molar-refractivity contribution is -0.139. The van der Waals surface area contributed by atoms with Gasteiger partial charge in [-0.25, -0.2) is 4.79 Å². The molecule has 2 aromatic carbocycles. The van der Waals surface area contributed by atoms with Crippen LogP contribution in [0.4, 0.5) is 5.95 Å². The van der Waals surface area contributed by atoms with E-state index in [1.165, 1.54) is 0 Å². The van der Waals surface area contributed by atoms with E-state index in [1.54, 1.807) is 24.8 Å². The summed E-state index contributed by atoms with van der Waals surface area (Å²) < 4.78 is 18.5. The molecule has 1 aromatic heterocycles. The number of anilines is 1. The van der Waals surface area contributed by atoms with Gasteiger partial charge in [-0.1, -0.05) is 41.8 Å². The van der Waals surface area contributed by atoms with Crippen molar-refractivity contribution < 1.29 is 19.0 Å². The third-order valence-electron chi connectivity index (χ3n) is 5.16. The average Bonchev–Trinajstić information content (AvgIpc) is 3.28. The van der Waals surface area contributed by atoms with E-state index < -0.39 is 12.0 Å². The van der Waals surface area contributed by atoms with Gasteiger partial charge in [-0.05, 0) is 59.2 Å². The summed E-state index contributed by atoms with van der Waals surface area (Å²) in [5.41, 5.74) is 2.74. The van der Waals surface area contributed by atoms with Crippen LogP contribution in [0.25, 0.3) is 0 Å². The first-order chi connectivity index (χ1) is 16.0. The van der Waals surface area contributed by atoms with Gasteiger partial charge in [0.1, 0.15) is 12.6 Å². The quantitative estimate of drug-likeness (QED) is 0.491. The molecule has 1 unspecified atom stereocenters. The van der Waals surface area contributed by atoms with Crippen LogP contribution in [0.2, 0.25) is 5.02 Å². The molecule has 10 heteroatoms. The first-order valence-corrected chi connectivity index (χ1v) is 10.9. The van der Waals surface area contributed by atoms with Crippen molar-refractivity contribution in [1.29, 1.82) is 0 Å². The van der Waals surface area contributed by atoms with Crippen LogP contribution in [0, 0.1) is 0 Å². The fourth-order valence-electron chi connectivity index (χ4n) is 3.62. The van der Waals surface area contributed by atoms with E-state index in [0.29, 0.717) is 47.0 Å². The molecule has 3 aromatic rings. The van der Waals surface area contributed by atoms with Crippen molar-refractivity contribution in [1.82, 2.24) is 20.2 Å². The molecule has 172 valence electrons. The summed E-state index contributed by atoms with van der Waals surface area (Å²) in [6.45, 7) is 4.39. The Morgan fingerprint density at radius 2 is 2.06 bits per heavy atom. The molecule has 1 N–H and O–H groups in total. The van der Waals surface area contributed by atoms with Crippen molar-refractivity contribution in [2.45, 2.75) is 32.9 Å². The van der Waals surface area contributed by atoms with Crippen LogP contribution in [0.3, 0.4) is 0 Å². The number of hydrogen-bond donors (Lipinski definition) is 1. The highest BCUT2D eigenvalue weighted by Gasteiger charge is 2.35. The molecule has 2 heterocycles. The molecule has 4 rings (SSSR count). The summed E-state index contributed by atoms with van der Waals surface area (Å²) in [5.74, 6) is 1.09. The molecule has 9 nitrogen and oxygen atoms in total. The second kappa shape index (κ2) is 9.91. The second-order valence-corrected chi connectivity index (χ2v) is 7.91. The molecule has 0 fully saturated rings. The monoisotopic (exact) mass is 469 g/mol. The molecular weight excluding hydrogens is 446 g/mol. The van der Waals surface area contributed by atoms with Crippen LogP contribution in [0.15, 0.2) is 53.7 Å². The highest BCUT2D eigenvalue weighted by Crippen LogP contribution is 2.38. The molecule has 1 aliphatic heterocycles. The van der Waals surface area contributed by atoms with Gasteiger partial charge in [-0.3, -0.25) is 0 Å². The molecule has 0 spiro atoms. The SMILES string of the molecule is CCCOC(=O)C1=C(C)Nc2nnnn2C1c1ccc(OCc2cccc(Cl)c2)c(OC)c1. The Labute approximate surface area is 196 Å². The van der Waals surface area contributed by atoms with Gasteiger partial charge in [0.05, 0.1) is 19.3 Å². The molecule has 0 radical (unpaired) electrons. The zero-order chi connectivity index (χ0) is 23.4. The van der Waals surface area contributed by atoms with Crippen molar-refractivity contribution in [2.24, 2.45) is 0 Å². The molecule has 0 aliphatic carbocycles. The number of rotatable bonds is 8. The van der Waals surface area contributed by atoms with Crippen molar-refractivity contribution in [2.75, 3.05) is 19.0 Å². The zero-order valence-corrected chi connectivity index (χ0v) is 19.3. The van der Waals surface area contributed by atoms with Gasteiger partial charge in [0.15, 0.2) is 11.5 Å². The highest BCUT2D eigenvalue weighted by atomic mass is 35.5. The fourth-order valence-corrected chi connectivity index (χ4v) is 3.83. The smallest absolute Gasteiger partial charge is 0.338 e. The number of nitrogens with zero attached hydrogens (tertiary/aromatic N) is 4. The standard InChI is InChI=1S/C23H24ClN5O4/c1-4-10-32-22(30)20-14(2)25-23-26-27-28-29(23)21(20)16-8-9-18(19(12-16)31-3)33-13-15-6-5-7-17(24)11-15/h5-9,11-12,21H,4,10,13H2,1-3H3,(H,25,26,28). The van der Waals surface area contributed by atoms with Gasteiger partial charge in [-0.2, -0.15) is 4.68 Å². The summed E-state index contributed by atoms with van der Waals surface area (Å²) >= 11 is 6.06. The zero-order valence-electron chi connectivity index (χ0n) is 18.5. The number of esters is 1. The molecule has 33 heavy (non-hydrogen) atoms. The van der Waals surface area contributed by atoms with E-state index in [4.69, 9.17) is 25.8 Å². The number of aromatic nitrogens is 4. The summed E-state index contributed by atoms with van der Waals surface area (Å²) in [5, 5.41) is 15.6. The van der Waals surface area contributed by atoms with Gasteiger partial charge in [0.2, 0.25) is 5.95 Å². The van der Waals surface area contributed by atoms with Crippen LogP contribution in [-0.4, -0.2) is 39.9 Å². The Hall–Kier alpha value is -3.59. The Bertz CT molecular complexity index is 1190. The minimum absolute atomic E-state index is 0.324. The number of nitrogens with one attached hydrogen (secondary N) is 1. The van der Waals surface area contributed by atoms with E-state index >= 15 is 0 Å². The number of ether oxygens (including phenoxy) is 3. The predicted molar refractivity (Wildman–Crippen MR) is 122 cm³/mol. The van der Waals surface area contributed by atoms with Crippen molar-refractivity contribution >= 4 is 23.5 Å². The first kappa shape index (κ1) is 22.6. The summed E-state index contributed by atoms with van der Waals surface area (Å²) in [6, 6.07) is 12.3.